The Hall–Kier alpha value is -1.34. The fourth-order valence-corrected chi connectivity index (χ4v) is 3.21. The van der Waals surface area contributed by atoms with Crippen LogP contribution in [0.4, 0.5) is 13.2 Å². The van der Waals surface area contributed by atoms with Crippen LogP contribution in [0.5, 0.6) is 0 Å². The number of halogens is 4. The number of nitrogens with zero attached hydrogens (tertiary/aromatic N) is 1. The molecule has 1 aliphatic rings. The van der Waals surface area contributed by atoms with Crippen LogP contribution in [0.2, 0.25) is 0 Å². The van der Waals surface area contributed by atoms with Crippen LogP contribution in [-0.4, -0.2) is 16.9 Å². The average molecular weight is 366 g/mol. The van der Waals surface area contributed by atoms with Crippen molar-refractivity contribution in [2.45, 2.75) is 51.9 Å². The lowest BCUT2D eigenvalue weighted by Gasteiger charge is -2.32. The maximum Gasteiger partial charge on any atom is 0.417 e. The lowest BCUT2D eigenvalue weighted by Crippen LogP contribution is -2.43. The molecule has 1 saturated carbocycles. The van der Waals surface area contributed by atoms with Gasteiger partial charge in [-0.25, -0.2) is 0 Å². The van der Waals surface area contributed by atoms with Crippen molar-refractivity contribution in [3.63, 3.8) is 0 Å². The maximum atomic E-state index is 12.7. The molecule has 8 heteroatoms. The van der Waals surface area contributed by atoms with Crippen LogP contribution in [0.1, 0.15) is 44.2 Å². The molecule has 3 N–H and O–H groups in total. The summed E-state index contributed by atoms with van der Waals surface area (Å²) in [6.45, 7) is 3.98. The van der Waals surface area contributed by atoms with Crippen LogP contribution in [0, 0.1) is 11.3 Å². The zero-order valence-electron chi connectivity index (χ0n) is 13.7. The standard InChI is InChI=1S/C16H22F3N3O.ClH/c1-10(2)15(4-3-13(20)6-15)14(23)22-8-11-5-12(9-21-7-11)16(17,18)19;/h5,7,9-10,13H,3-4,6,8,20H2,1-2H3,(H,22,23);1H/t13-,15+;/m1./s1. The minimum atomic E-state index is -4.44. The molecule has 136 valence electrons. The Bertz CT molecular complexity index is 580. The van der Waals surface area contributed by atoms with Gasteiger partial charge in [0.1, 0.15) is 0 Å². The summed E-state index contributed by atoms with van der Waals surface area (Å²) >= 11 is 0. The Morgan fingerprint density at radius 1 is 1.46 bits per heavy atom. The lowest BCUT2D eigenvalue weighted by molar-refractivity contribution is -0.137. The molecule has 2 rings (SSSR count). The van der Waals surface area contributed by atoms with E-state index in [1.54, 1.807) is 0 Å². The van der Waals surface area contributed by atoms with E-state index in [1.165, 1.54) is 6.20 Å². The first-order valence-electron chi connectivity index (χ1n) is 7.70. The molecule has 4 nitrogen and oxygen atoms in total. The molecule has 1 heterocycles. The zero-order valence-corrected chi connectivity index (χ0v) is 14.5. The van der Waals surface area contributed by atoms with Crippen LogP contribution in [0.15, 0.2) is 18.5 Å². The number of alkyl halides is 3. The number of rotatable bonds is 4. The molecule has 1 aromatic heterocycles. The minimum Gasteiger partial charge on any atom is -0.351 e. The molecule has 0 aromatic carbocycles. The molecule has 0 radical (unpaired) electrons. The Morgan fingerprint density at radius 2 is 2.12 bits per heavy atom. The molecular weight excluding hydrogens is 343 g/mol. The number of pyridine rings is 1. The minimum absolute atomic E-state index is 0. The lowest BCUT2D eigenvalue weighted by atomic mass is 9.74. The highest BCUT2D eigenvalue weighted by atomic mass is 35.5. The summed E-state index contributed by atoms with van der Waals surface area (Å²) in [5, 5.41) is 2.76. The molecule has 0 saturated heterocycles. The van der Waals surface area contributed by atoms with Gasteiger partial charge in [0.25, 0.3) is 0 Å². The van der Waals surface area contributed by atoms with Gasteiger partial charge < -0.3 is 11.1 Å². The monoisotopic (exact) mass is 365 g/mol. The normalized spacial score (nSPS) is 23.9. The second kappa shape index (κ2) is 7.70. The fourth-order valence-electron chi connectivity index (χ4n) is 3.21. The Balaban J connectivity index is 0.00000288. The van der Waals surface area contributed by atoms with Gasteiger partial charge in [0.2, 0.25) is 5.91 Å². The van der Waals surface area contributed by atoms with E-state index in [-0.39, 0.29) is 36.8 Å². The van der Waals surface area contributed by atoms with Crippen LogP contribution in [-0.2, 0) is 17.5 Å². The number of carbonyl (C=O) groups excluding carboxylic acids is 1. The number of hydrogen-bond donors (Lipinski definition) is 2. The molecule has 1 fully saturated rings. The predicted molar refractivity (Wildman–Crippen MR) is 87.4 cm³/mol. The van der Waals surface area contributed by atoms with E-state index in [2.05, 4.69) is 10.3 Å². The molecule has 1 amide bonds. The van der Waals surface area contributed by atoms with Gasteiger partial charge in [-0.1, -0.05) is 13.8 Å². The number of nitrogens with one attached hydrogen (secondary N) is 1. The summed E-state index contributed by atoms with van der Waals surface area (Å²) in [6.07, 6.45) is -0.230. The van der Waals surface area contributed by atoms with Gasteiger partial charge in [0.15, 0.2) is 0 Å². The third-order valence-corrected chi connectivity index (χ3v) is 4.72. The van der Waals surface area contributed by atoms with Gasteiger partial charge in [-0.2, -0.15) is 13.2 Å². The van der Waals surface area contributed by atoms with E-state index in [1.807, 2.05) is 13.8 Å². The summed E-state index contributed by atoms with van der Waals surface area (Å²) < 4.78 is 38.0. The number of carbonyl (C=O) groups is 1. The van der Waals surface area contributed by atoms with Gasteiger partial charge in [0, 0.05) is 25.0 Å². The molecule has 1 aromatic rings. The number of aromatic nitrogens is 1. The summed E-state index contributed by atoms with van der Waals surface area (Å²) in [5.74, 6) is -0.0199. The van der Waals surface area contributed by atoms with Crippen molar-refractivity contribution < 1.29 is 18.0 Å². The average Bonchev–Trinajstić information content (AvgIpc) is 2.88. The Labute approximate surface area is 145 Å². The highest BCUT2D eigenvalue weighted by Crippen LogP contribution is 2.44. The summed E-state index contributed by atoms with van der Waals surface area (Å²) in [7, 11) is 0. The number of hydrogen-bond acceptors (Lipinski definition) is 3. The predicted octanol–water partition coefficient (Wildman–Crippen LogP) is 3.29. The molecule has 0 spiro atoms. The third-order valence-electron chi connectivity index (χ3n) is 4.72. The highest BCUT2D eigenvalue weighted by molar-refractivity contribution is 5.85. The summed E-state index contributed by atoms with van der Waals surface area (Å²) in [5.41, 5.74) is 4.93. The van der Waals surface area contributed by atoms with Gasteiger partial charge in [0.05, 0.1) is 11.0 Å². The summed E-state index contributed by atoms with van der Waals surface area (Å²) in [4.78, 5) is 16.2. The zero-order chi connectivity index (χ0) is 17.3. The van der Waals surface area contributed by atoms with Crippen molar-refractivity contribution >= 4 is 18.3 Å². The summed E-state index contributed by atoms with van der Waals surface area (Å²) in [6, 6.07) is 1.01. The van der Waals surface area contributed by atoms with E-state index < -0.39 is 17.2 Å². The van der Waals surface area contributed by atoms with Crippen molar-refractivity contribution in [2.75, 3.05) is 0 Å². The van der Waals surface area contributed by atoms with E-state index in [4.69, 9.17) is 5.73 Å². The van der Waals surface area contributed by atoms with E-state index in [0.717, 1.165) is 18.7 Å². The molecule has 0 bridgehead atoms. The van der Waals surface area contributed by atoms with Crippen molar-refractivity contribution in [3.05, 3.63) is 29.6 Å². The van der Waals surface area contributed by atoms with E-state index in [0.29, 0.717) is 18.4 Å². The van der Waals surface area contributed by atoms with Crippen LogP contribution < -0.4 is 11.1 Å². The van der Waals surface area contributed by atoms with Crippen LogP contribution >= 0.6 is 12.4 Å². The number of amides is 1. The fraction of sp³-hybridized carbons (Fsp3) is 0.625. The number of nitrogens with two attached hydrogens (primary N) is 1. The van der Waals surface area contributed by atoms with Crippen LogP contribution in [0.3, 0.4) is 0 Å². The Kier molecular flexibility index (Phi) is 6.64. The second-order valence-electron chi connectivity index (χ2n) is 6.58. The van der Waals surface area contributed by atoms with Crippen molar-refractivity contribution in [1.29, 1.82) is 0 Å². The van der Waals surface area contributed by atoms with Crippen LogP contribution in [0.25, 0.3) is 0 Å². The molecule has 24 heavy (non-hydrogen) atoms. The third kappa shape index (κ3) is 4.39. The van der Waals surface area contributed by atoms with Crippen molar-refractivity contribution in [1.82, 2.24) is 10.3 Å². The largest absolute Gasteiger partial charge is 0.417 e. The first kappa shape index (κ1) is 20.7. The molecule has 2 atom stereocenters. The van der Waals surface area contributed by atoms with Gasteiger partial charge in [-0.3, -0.25) is 9.78 Å². The molecule has 1 aliphatic carbocycles. The first-order chi connectivity index (χ1) is 10.6. The van der Waals surface area contributed by atoms with Crippen molar-refractivity contribution in [2.24, 2.45) is 17.1 Å². The topological polar surface area (TPSA) is 68.0 Å². The smallest absolute Gasteiger partial charge is 0.351 e. The highest BCUT2D eigenvalue weighted by Gasteiger charge is 2.46. The van der Waals surface area contributed by atoms with Gasteiger partial charge in [-0.15, -0.1) is 12.4 Å². The van der Waals surface area contributed by atoms with Gasteiger partial charge in [-0.05, 0) is 36.8 Å². The molecule has 0 unspecified atom stereocenters. The molecular formula is C16H23ClF3N3O. The van der Waals surface area contributed by atoms with E-state index in [9.17, 15) is 18.0 Å². The van der Waals surface area contributed by atoms with Gasteiger partial charge >= 0.3 is 6.18 Å². The molecule has 0 aliphatic heterocycles. The Morgan fingerprint density at radius 3 is 2.62 bits per heavy atom. The quantitative estimate of drug-likeness (QED) is 0.860. The van der Waals surface area contributed by atoms with Crippen molar-refractivity contribution in [3.8, 4) is 0 Å². The SMILES string of the molecule is CC(C)[C@]1(C(=O)NCc2cncc(C(F)(F)F)c2)CC[C@@H](N)C1.Cl. The first-order valence-corrected chi connectivity index (χ1v) is 7.70. The van der Waals surface area contributed by atoms with E-state index >= 15 is 0 Å². The second-order valence-corrected chi connectivity index (χ2v) is 6.58. The maximum absolute atomic E-state index is 12.7.